The minimum atomic E-state index is 0.595. The zero-order valence-corrected chi connectivity index (χ0v) is 12.3. The molecule has 1 aromatic carbocycles. The zero-order chi connectivity index (χ0) is 14.1. The lowest BCUT2D eigenvalue weighted by atomic mass is 10.2. The van der Waals surface area contributed by atoms with Gasteiger partial charge in [0.2, 0.25) is 0 Å². The van der Waals surface area contributed by atoms with Crippen molar-refractivity contribution in [2.24, 2.45) is 7.05 Å². The van der Waals surface area contributed by atoms with E-state index in [4.69, 9.17) is 23.2 Å². The van der Waals surface area contributed by atoms with Crippen LogP contribution in [-0.4, -0.2) is 14.5 Å². The van der Waals surface area contributed by atoms with Crippen LogP contribution in [0.15, 0.2) is 36.8 Å². The van der Waals surface area contributed by atoms with Crippen molar-refractivity contribution in [2.45, 2.75) is 6.54 Å². The van der Waals surface area contributed by atoms with Crippen LogP contribution in [0.25, 0.3) is 11.0 Å². The number of nitrogens with zero attached hydrogens (tertiary/aromatic N) is 3. The minimum absolute atomic E-state index is 0.595. The first kappa shape index (κ1) is 13.2. The van der Waals surface area contributed by atoms with Crippen LogP contribution in [0, 0.1) is 0 Å². The Hall–Kier alpha value is -1.78. The van der Waals surface area contributed by atoms with Crippen molar-refractivity contribution in [3.8, 4) is 0 Å². The third-order valence-corrected chi connectivity index (χ3v) is 3.44. The van der Waals surface area contributed by atoms with Gasteiger partial charge in [-0.1, -0.05) is 23.2 Å². The largest absolute Gasteiger partial charge is 0.364 e. The number of aromatic nitrogens is 3. The van der Waals surface area contributed by atoms with Gasteiger partial charge in [-0.05, 0) is 29.8 Å². The molecule has 0 atom stereocenters. The van der Waals surface area contributed by atoms with Crippen molar-refractivity contribution in [3.63, 3.8) is 0 Å². The molecule has 0 aliphatic carbocycles. The van der Waals surface area contributed by atoms with Crippen LogP contribution in [0.1, 0.15) is 5.56 Å². The van der Waals surface area contributed by atoms with Gasteiger partial charge in [-0.3, -0.25) is 0 Å². The Morgan fingerprint density at radius 3 is 2.65 bits per heavy atom. The summed E-state index contributed by atoms with van der Waals surface area (Å²) < 4.78 is 1.94. The van der Waals surface area contributed by atoms with Gasteiger partial charge in [-0.25, -0.2) is 9.97 Å². The fourth-order valence-electron chi connectivity index (χ4n) is 2.13. The number of halogens is 2. The van der Waals surface area contributed by atoms with E-state index in [0.29, 0.717) is 16.6 Å². The van der Waals surface area contributed by atoms with Crippen molar-refractivity contribution in [1.29, 1.82) is 0 Å². The van der Waals surface area contributed by atoms with Crippen LogP contribution < -0.4 is 5.32 Å². The number of aryl methyl sites for hydroxylation is 1. The highest BCUT2D eigenvalue weighted by Gasteiger charge is 2.07. The summed E-state index contributed by atoms with van der Waals surface area (Å²) in [6, 6.07) is 7.36. The number of nitrogens with one attached hydrogen (secondary N) is 1. The summed E-state index contributed by atoms with van der Waals surface area (Å²) in [7, 11) is 1.94. The van der Waals surface area contributed by atoms with E-state index < -0.39 is 0 Å². The third kappa shape index (κ3) is 2.57. The summed E-state index contributed by atoms with van der Waals surface area (Å²) in [6.45, 7) is 0.595. The lowest BCUT2D eigenvalue weighted by Crippen LogP contribution is -2.03. The van der Waals surface area contributed by atoms with E-state index in [0.717, 1.165) is 22.4 Å². The molecule has 0 fully saturated rings. The minimum Gasteiger partial charge on any atom is -0.364 e. The lowest BCUT2D eigenvalue weighted by Gasteiger charge is -2.08. The SMILES string of the molecule is Cn1cnc2ccnc(NCc3cc(Cl)cc(Cl)c3)c21. The second kappa shape index (κ2) is 5.31. The van der Waals surface area contributed by atoms with Crippen molar-refractivity contribution in [1.82, 2.24) is 14.5 Å². The molecule has 0 radical (unpaired) electrons. The van der Waals surface area contributed by atoms with E-state index in [2.05, 4.69) is 15.3 Å². The van der Waals surface area contributed by atoms with Gasteiger partial charge in [0.05, 0.1) is 11.8 Å². The van der Waals surface area contributed by atoms with Crippen molar-refractivity contribution >= 4 is 40.1 Å². The van der Waals surface area contributed by atoms with E-state index >= 15 is 0 Å². The maximum absolute atomic E-state index is 5.99. The van der Waals surface area contributed by atoms with Gasteiger partial charge in [-0.2, -0.15) is 0 Å². The smallest absolute Gasteiger partial charge is 0.152 e. The average molecular weight is 307 g/mol. The summed E-state index contributed by atoms with van der Waals surface area (Å²) in [6.07, 6.45) is 3.51. The fourth-order valence-corrected chi connectivity index (χ4v) is 2.70. The fraction of sp³-hybridized carbons (Fsp3) is 0.143. The van der Waals surface area contributed by atoms with Crippen LogP contribution in [0.3, 0.4) is 0 Å². The molecule has 0 bridgehead atoms. The molecule has 102 valence electrons. The molecule has 0 aliphatic rings. The first-order chi connectivity index (χ1) is 9.63. The van der Waals surface area contributed by atoms with E-state index in [1.165, 1.54) is 0 Å². The molecule has 6 heteroatoms. The molecule has 2 heterocycles. The molecular weight excluding hydrogens is 295 g/mol. The number of rotatable bonds is 3. The standard InChI is InChI=1S/C14H12Cl2N4/c1-20-8-19-12-2-3-17-14(13(12)20)18-7-9-4-10(15)6-11(16)5-9/h2-6,8H,7H2,1H3,(H,17,18). The Bertz CT molecular complexity index is 747. The molecule has 3 aromatic rings. The number of imidazole rings is 1. The number of benzene rings is 1. The number of anilines is 1. The summed E-state index contributed by atoms with van der Waals surface area (Å²) in [5, 5.41) is 4.55. The van der Waals surface area contributed by atoms with Gasteiger partial charge in [0.15, 0.2) is 5.82 Å². The Kier molecular flexibility index (Phi) is 3.51. The second-order valence-corrected chi connectivity index (χ2v) is 5.39. The summed E-state index contributed by atoms with van der Waals surface area (Å²) in [5.41, 5.74) is 2.89. The first-order valence-electron chi connectivity index (χ1n) is 6.08. The monoisotopic (exact) mass is 306 g/mol. The molecule has 20 heavy (non-hydrogen) atoms. The molecule has 3 rings (SSSR count). The summed E-state index contributed by atoms with van der Waals surface area (Å²) in [5.74, 6) is 0.790. The number of hydrogen-bond donors (Lipinski definition) is 1. The number of fused-ring (bicyclic) bond motifs is 1. The Morgan fingerprint density at radius 1 is 1.15 bits per heavy atom. The normalized spacial score (nSPS) is 10.9. The highest BCUT2D eigenvalue weighted by Crippen LogP contribution is 2.22. The highest BCUT2D eigenvalue weighted by molar-refractivity contribution is 6.34. The van der Waals surface area contributed by atoms with Crippen molar-refractivity contribution in [2.75, 3.05) is 5.32 Å². The topological polar surface area (TPSA) is 42.7 Å². The van der Waals surface area contributed by atoms with Crippen molar-refractivity contribution in [3.05, 3.63) is 52.4 Å². The van der Waals surface area contributed by atoms with E-state index in [9.17, 15) is 0 Å². The van der Waals surface area contributed by atoms with Crippen LogP contribution >= 0.6 is 23.2 Å². The molecule has 0 saturated carbocycles. The Morgan fingerprint density at radius 2 is 1.90 bits per heavy atom. The molecular formula is C14H12Cl2N4. The molecule has 0 saturated heterocycles. The molecule has 0 amide bonds. The van der Waals surface area contributed by atoms with Gasteiger partial charge in [-0.15, -0.1) is 0 Å². The zero-order valence-electron chi connectivity index (χ0n) is 10.8. The quantitative estimate of drug-likeness (QED) is 0.798. The number of pyridine rings is 1. The first-order valence-corrected chi connectivity index (χ1v) is 6.84. The van der Waals surface area contributed by atoms with Crippen LogP contribution in [0.2, 0.25) is 10.0 Å². The van der Waals surface area contributed by atoms with Gasteiger partial charge in [0.25, 0.3) is 0 Å². The van der Waals surface area contributed by atoms with Crippen LogP contribution in [0.4, 0.5) is 5.82 Å². The molecule has 0 aliphatic heterocycles. The molecule has 0 spiro atoms. The molecule has 0 unspecified atom stereocenters. The number of hydrogen-bond acceptors (Lipinski definition) is 3. The van der Waals surface area contributed by atoms with Crippen LogP contribution in [0.5, 0.6) is 0 Å². The Labute approximate surface area is 126 Å². The van der Waals surface area contributed by atoms with E-state index in [-0.39, 0.29) is 0 Å². The van der Waals surface area contributed by atoms with Gasteiger partial charge < -0.3 is 9.88 Å². The maximum atomic E-state index is 5.99. The van der Waals surface area contributed by atoms with Crippen molar-refractivity contribution < 1.29 is 0 Å². The average Bonchev–Trinajstić information content (AvgIpc) is 2.78. The highest BCUT2D eigenvalue weighted by atomic mass is 35.5. The van der Waals surface area contributed by atoms with E-state index in [1.807, 2.05) is 29.8 Å². The Balaban J connectivity index is 1.88. The molecule has 2 aromatic heterocycles. The van der Waals surface area contributed by atoms with Gasteiger partial charge in [0, 0.05) is 29.8 Å². The third-order valence-electron chi connectivity index (χ3n) is 3.01. The van der Waals surface area contributed by atoms with Gasteiger partial charge in [0.1, 0.15) is 5.52 Å². The van der Waals surface area contributed by atoms with E-state index in [1.54, 1.807) is 18.6 Å². The summed E-state index contributed by atoms with van der Waals surface area (Å²) in [4.78, 5) is 8.66. The summed E-state index contributed by atoms with van der Waals surface area (Å²) >= 11 is 12.0. The van der Waals surface area contributed by atoms with Gasteiger partial charge >= 0.3 is 0 Å². The predicted octanol–water partition coefficient (Wildman–Crippen LogP) is 3.89. The maximum Gasteiger partial charge on any atom is 0.152 e. The van der Waals surface area contributed by atoms with Crippen LogP contribution in [-0.2, 0) is 13.6 Å². The lowest BCUT2D eigenvalue weighted by molar-refractivity contribution is 0.942. The molecule has 4 nitrogen and oxygen atoms in total. The predicted molar refractivity (Wildman–Crippen MR) is 82.3 cm³/mol. The second-order valence-electron chi connectivity index (χ2n) is 4.51. The molecule has 1 N–H and O–H groups in total.